The molecular formula is C7H11BrClN3. The van der Waals surface area contributed by atoms with Crippen molar-refractivity contribution in [1.29, 1.82) is 0 Å². The minimum atomic E-state index is 0. The minimum absolute atomic E-state index is 0. The monoisotopic (exact) mass is 251 g/mol. The standard InChI is InChI=1S/C7H10BrN3.ClH/c8-7-4-6-5-9-2-1-3-11(6)10-7;/h4,9H,1-3,5H2;1H. The summed E-state index contributed by atoms with van der Waals surface area (Å²) in [6, 6.07) is 2.07. The van der Waals surface area contributed by atoms with Gasteiger partial charge in [-0.05, 0) is 35.0 Å². The van der Waals surface area contributed by atoms with E-state index in [1.54, 1.807) is 0 Å². The van der Waals surface area contributed by atoms with Gasteiger partial charge in [-0.2, -0.15) is 5.10 Å². The summed E-state index contributed by atoms with van der Waals surface area (Å²) in [7, 11) is 0. The zero-order valence-electron chi connectivity index (χ0n) is 6.59. The topological polar surface area (TPSA) is 29.9 Å². The Hall–Kier alpha value is -0.0600. The van der Waals surface area contributed by atoms with Gasteiger partial charge in [0.05, 0.1) is 5.69 Å². The molecule has 0 amide bonds. The summed E-state index contributed by atoms with van der Waals surface area (Å²) < 4.78 is 3.00. The maximum Gasteiger partial charge on any atom is 0.128 e. The zero-order chi connectivity index (χ0) is 7.68. The summed E-state index contributed by atoms with van der Waals surface area (Å²) >= 11 is 3.36. The van der Waals surface area contributed by atoms with Gasteiger partial charge in [-0.1, -0.05) is 0 Å². The maximum absolute atomic E-state index is 4.30. The predicted octanol–water partition coefficient (Wildman–Crippen LogP) is 1.56. The lowest BCUT2D eigenvalue weighted by atomic mass is 10.4. The summed E-state index contributed by atoms with van der Waals surface area (Å²) in [6.07, 6.45) is 1.17. The van der Waals surface area contributed by atoms with Crippen molar-refractivity contribution in [3.63, 3.8) is 0 Å². The van der Waals surface area contributed by atoms with E-state index in [9.17, 15) is 0 Å². The molecule has 1 N–H and O–H groups in total. The Morgan fingerprint density at radius 3 is 3.25 bits per heavy atom. The first-order chi connectivity index (χ1) is 5.36. The number of aryl methyl sites for hydroxylation is 1. The molecule has 68 valence electrons. The highest BCUT2D eigenvalue weighted by atomic mass is 79.9. The highest BCUT2D eigenvalue weighted by molar-refractivity contribution is 9.10. The van der Waals surface area contributed by atoms with Gasteiger partial charge >= 0.3 is 0 Å². The van der Waals surface area contributed by atoms with Crippen LogP contribution in [0.15, 0.2) is 10.7 Å². The average Bonchev–Trinajstić information content (AvgIpc) is 2.17. The molecule has 2 rings (SSSR count). The smallest absolute Gasteiger partial charge is 0.128 e. The molecule has 0 spiro atoms. The summed E-state index contributed by atoms with van der Waals surface area (Å²) in [4.78, 5) is 0. The third kappa shape index (κ3) is 2.00. The molecule has 0 unspecified atom stereocenters. The number of nitrogens with one attached hydrogen (secondary N) is 1. The number of hydrogen-bond donors (Lipinski definition) is 1. The van der Waals surface area contributed by atoms with Crippen LogP contribution in [0.1, 0.15) is 12.1 Å². The molecule has 1 aromatic rings. The average molecular weight is 253 g/mol. The summed E-state index contributed by atoms with van der Waals surface area (Å²) in [5.74, 6) is 0. The normalized spacial score (nSPS) is 16.1. The summed E-state index contributed by atoms with van der Waals surface area (Å²) in [6.45, 7) is 3.08. The van der Waals surface area contributed by atoms with Crippen LogP contribution in [0.2, 0.25) is 0 Å². The van der Waals surface area contributed by atoms with Crippen molar-refractivity contribution in [3.05, 3.63) is 16.4 Å². The highest BCUT2D eigenvalue weighted by Gasteiger charge is 2.08. The van der Waals surface area contributed by atoms with Gasteiger partial charge in [0.1, 0.15) is 4.60 Å². The molecule has 0 saturated heterocycles. The third-order valence-electron chi connectivity index (χ3n) is 1.86. The first-order valence-electron chi connectivity index (χ1n) is 3.79. The van der Waals surface area contributed by atoms with Crippen molar-refractivity contribution in [2.24, 2.45) is 0 Å². The van der Waals surface area contributed by atoms with Crippen LogP contribution in [0.4, 0.5) is 0 Å². The SMILES string of the molecule is Brc1cc2n(n1)CCCNC2.Cl. The fourth-order valence-corrected chi connectivity index (χ4v) is 1.78. The molecule has 3 nitrogen and oxygen atoms in total. The number of rotatable bonds is 0. The summed E-state index contributed by atoms with van der Waals surface area (Å²) in [5, 5.41) is 7.64. The molecule has 5 heteroatoms. The Balaban J connectivity index is 0.000000720. The Morgan fingerprint density at radius 2 is 2.42 bits per heavy atom. The van der Waals surface area contributed by atoms with E-state index in [1.165, 1.54) is 12.1 Å². The molecule has 0 saturated carbocycles. The quantitative estimate of drug-likeness (QED) is 0.759. The molecule has 2 heterocycles. The molecule has 1 aliphatic heterocycles. The van der Waals surface area contributed by atoms with Crippen molar-refractivity contribution < 1.29 is 0 Å². The molecule has 0 atom stereocenters. The van der Waals surface area contributed by atoms with Gasteiger partial charge in [-0.15, -0.1) is 12.4 Å². The van der Waals surface area contributed by atoms with E-state index in [-0.39, 0.29) is 12.4 Å². The number of nitrogens with zero attached hydrogens (tertiary/aromatic N) is 2. The molecule has 12 heavy (non-hydrogen) atoms. The van der Waals surface area contributed by atoms with E-state index in [1.807, 2.05) is 0 Å². The molecule has 1 aromatic heterocycles. The number of fused-ring (bicyclic) bond motifs is 1. The fourth-order valence-electron chi connectivity index (χ4n) is 1.33. The molecule has 0 fully saturated rings. The second-order valence-electron chi connectivity index (χ2n) is 2.71. The third-order valence-corrected chi connectivity index (χ3v) is 2.25. The molecular weight excluding hydrogens is 241 g/mol. The predicted molar refractivity (Wildman–Crippen MR) is 53.5 cm³/mol. The number of hydrogen-bond acceptors (Lipinski definition) is 2. The van der Waals surface area contributed by atoms with Crippen LogP contribution >= 0.6 is 28.3 Å². The number of halogens is 2. The van der Waals surface area contributed by atoms with Crippen LogP contribution in [0.5, 0.6) is 0 Å². The van der Waals surface area contributed by atoms with Crippen molar-refractivity contribution in [3.8, 4) is 0 Å². The zero-order valence-corrected chi connectivity index (χ0v) is 8.99. The van der Waals surface area contributed by atoms with Gasteiger partial charge in [-0.3, -0.25) is 4.68 Å². The van der Waals surface area contributed by atoms with E-state index < -0.39 is 0 Å². The Kier molecular flexibility index (Phi) is 3.55. The second-order valence-corrected chi connectivity index (χ2v) is 3.52. The lowest BCUT2D eigenvalue weighted by Crippen LogP contribution is -2.11. The molecule has 0 radical (unpaired) electrons. The van der Waals surface area contributed by atoms with Crippen LogP contribution in [-0.4, -0.2) is 16.3 Å². The van der Waals surface area contributed by atoms with Gasteiger partial charge in [0.2, 0.25) is 0 Å². The Bertz CT molecular complexity index is 238. The first kappa shape index (κ1) is 10.0. The lowest BCUT2D eigenvalue weighted by molar-refractivity contribution is 0.584. The van der Waals surface area contributed by atoms with Gasteiger partial charge in [-0.25, -0.2) is 0 Å². The highest BCUT2D eigenvalue weighted by Crippen LogP contribution is 2.12. The molecule has 0 aromatic carbocycles. The number of aromatic nitrogens is 2. The summed E-state index contributed by atoms with van der Waals surface area (Å²) in [5.41, 5.74) is 1.27. The molecule has 0 aliphatic carbocycles. The van der Waals surface area contributed by atoms with Gasteiger partial charge in [0.15, 0.2) is 0 Å². The molecule has 0 bridgehead atoms. The van der Waals surface area contributed by atoms with Gasteiger partial charge in [0, 0.05) is 13.1 Å². The van der Waals surface area contributed by atoms with E-state index in [2.05, 4.69) is 37.1 Å². The van der Waals surface area contributed by atoms with Crippen LogP contribution in [0, 0.1) is 0 Å². The second kappa shape index (κ2) is 4.25. The van der Waals surface area contributed by atoms with Crippen LogP contribution in [-0.2, 0) is 13.1 Å². The Morgan fingerprint density at radius 1 is 1.58 bits per heavy atom. The first-order valence-corrected chi connectivity index (χ1v) is 4.58. The van der Waals surface area contributed by atoms with Gasteiger partial charge in [0.25, 0.3) is 0 Å². The van der Waals surface area contributed by atoms with E-state index >= 15 is 0 Å². The van der Waals surface area contributed by atoms with Crippen LogP contribution in [0.3, 0.4) is 0 Å². The fraction of sp³-hybridized carbons (Fsp3) is 0.571. The van der Waals surface area contributed by atoms with Crippen molar-refractivity contribution in [2.75, 3.05) is 6.54 Å². The van der Waals surface area contributed by atoms with Crippen LogP contribution in [0.25, 0.3) is 0 Å². The minimum Gasteiger partial charge on any atom is -0.311 e. The maximum atomic E-state index is 4.30. The van der Waals surface area contributed by atoms with Crippen LogP contribution < -0.4 is 5.32 Å². The van der Waals surface area contributed by atoms with E-state index in [4.69, 9.17) is 0 Å². The Labute approximate surface area is 86.1 Å². The van der Waals surface area contributed by atoms with Crippen molar-refractivity contribution in [1.82, 2.24) is 15.1 Å². The largest absolute Gasteiger partial charge is 0.311 e. The van der Waals surface area contributed by atoms with Gasteiger partial charge < -0.3 is 5.32 Å². The van der Waals surface area contributed by atoms with E-state index in [0.29, 0.717) is 0 Å². The van der Waals surface area contributed by atoms with Crippen molar-refractivity contribution >= 4 is 28.3 Å². The van der Waals surface area contributed by atoms with Crippen molar-refractivity contribution in [2.45, 2.75) is 19.5 Å². The molecule has 1 aliphatic rings. The lowest BCUT2D eigenvalue weighted by Gasteiger charge is -1.98. The van der Waals surface area contributed by atoms with E-state index in [0.717, 1.165) is 24.2 Å².